The first-order chi connectivity index (χ1) is 7.24. The fraction of sp³-hybridized carbons (Fsp3) is 0. The van der Waals surface area contributed by atoms with Crippen molar-refractivity contribution in [1.82, 2.24) is 9.97 Å². The van der Waals surface area contributed by atoms with Crippen LogP contribution < -0.4 is 4.74 Å². The predicted octanol–water partition coefficient (Wildman–Crippen LogP) is 2.55. The standard InChI is InChI=1S/C10H6F2N2O/c11-7-1-3-9(13-5-7)15-10-4-2-8(12)6-14-10/h1-6H. The van der Waals surface area contributed by atoms with Gasteiger partial charge in [0.1, 0.15) is 11.6 Å². The molecule has 0 saturated heterocycles. The molecule has 5 heteroatoms. The first kappa shape index (κ1) is 9.51. The molecule has 0 spiro atoms. The van der Waals surface area contributed by atoms with Crippen molar-refractivity contribution in [2.75, 3.05) is 0 Å². The summed E-state index contributed by atoms with van der Waals surface area (Å²) in [5.41, 5.74) is 0. The fourth-order valence-electron chi connectivity index (χ4n) is 0.952. The molecule has 15 heavy (non-hydrogen) atoms. The molecule has 2 aromatic heterocycles. The summed E-state index contributed by atoms with van der Waals surface area (Å²) in [7, 11) is 0. The van der Waals surface area contributed by atoms with E-state index < -0.39 is 11.6 Å². The smallest absolute Gasteiger partial charge is 0.221 e. The maximum Gasteiger partial charge on any atom is 0.221 e. The Morgan fingerprint density at radius 1 is 0.800 bits per heavy atom. The maximum absolute atomic E-state index is 12.5. The van der Waals surface area contributed by atoms with Gasteiger partial charge in [-0.15, -0.1) is 0 Å². The highest BCUT2D eigenvalue weighted by Gasteiger charge is 2.00. The van der Waals surface area contributed by atoms with Crippen molar-refractivity contribution in [3.8, 4) is 11.8 Å². The van der Waals surface area contributed by atoms with E-state index in [4.69, 9.17) is 4.74 Å². The van der Waals surface area contributed by atoms with Crippen LogP contribution in [0, 0.1) is 11.6 Å². The van der Waals surface area contributed by atoms with Gasteiger partial charge in [0.25, 0.3) is 0 Å². The third-order valence-corrected chi connectivity index (χ3v) is 1.61. The van der Waals surface area contributed by atoms with E-state index in [9.17, 15) is 8.78 Å². The van der Waals surface area contributed by atoms with Gasteiger partial charge in [-0.2, -0.15) is 0 Å². The van der Waals surface area contributed by atoms with Gasteiger partial charge in [0.05, 0.1) is 12.4 Å². The van der Waals surface area contributed by atoms with Crippen LogP contribution in [0.2, 0.25) is 0 Å². The highest BCUT2D eigenvalue weighted by atomic mass is 19.1. The van der Waals surface area contributed by atoms with E-state index in [1.165, 1.54) is 24.3 Å². The molecule has 0 saturated carbocycles. The van der Waals surface area contributed by atoms with Crippen LogP contribution in [-0.4, -0.2) is 9.97 Å². The Kier molecular flexibility index (Phi) is 2.53. The van der Waals surface area contributed by atoms with Gasteiger partial charge < -0.3 is 4.74 Å². The number of hydrogen-bond donors (Lipinski definition) is 0. The van der Waals surface area contributed by atoms with E-state index in [1.807, 2.05) is 0 Å². The van der Waals surface area contributed by atoms with E-state index in [2.05, 4.69) is 9.97 Å². The number of hydrogen-bond acceptors (Lipinski definition) is 3. The summed E-state index contributed by atoms with van der Waals surface area (Å²) in [6, 6.07) is 5.15. The number of pyridine rings is 2. The minimum absolute atomic E-state index is 0.204. The lowest BCUT2D eigenvalue weighted by Gasteiger charge is -2.02. The maximum atomic E-state index is 12.5. The first-order valence-electron chi connectivity index (χ1n) is 4.15. The van der Waals surface area contributed by atoms with Crippen molar-refractivity contribution in [2.24, 2.45) is 0 Å². The molecule has 3 nitrogen and oxygen atoms in total. The third-order valence-electron chi connectivity index (χ3n) is 1.61. The minimum Gasteiger partial charge on any atom is -0.421 e. The summed E-state index contributed by atoms with van der Waals surface area (Å²) in [6.07, 6.45) is 2.05. The molecule has 0 N–H and O–H groups in total. The molecule has 0 aromatic carbocycles. The van der Waals surface area contributed by atoms with Crippen molar-refractivity contribution in [2.45, 2.75) is 0 Å². The Balaban J connectivity index is 2.15. The van der Waals surface area contributed by atoms with Crippen molar-refractivity contribution in [3.63, 3.8) is 0 Å². The van der Waals surface area contributed by atoms with Crippen LogP contribution in [-0.2, 0) is 0 Å². The van der Waals surface area contributed by atoms with E-state index in [-0.39, 0.29) is 11.8 Å². The van der Waals surface area contributed by atoms with E-state index in [1.54, 1.807) is 0 Å². The Hall–Kier alpha value is -2.04. The lowest BCUT2D eigenvalue weighted by molar-refractivity contribution is 0.439. The molecule has 76 valence electrons. The zero-order valence-corrected chi connectivity index (χ0v) is 7.52. The van der Waals surface area contributed by atoms with Crippen LogP contribution in [0.1, 0.15) is 0 Å². The second-order valence-electron chi connectivity index (χ2n) is 2.73. The van der Waals surface area contributed by atoms with E-state index in [0.717, 1.165) is 12.4 Å². The molecule has 0 radical (unpaired) electrons. The molecule has 0 fully saturated rings. The molecule has 2 rings (SSSR count). The second kappa shape index (κ2) is 4.00. The van der Waals surface area contributed by atoms with Crippen LogP contribution in [0.3, 0.4) is 0 Å². The van der Waals surface area contributed by atoms with Gasteiger partial charge >= 0.3 is 0 Å². The van der Waals surface area contributed by atoms with Crippen LogP contribution >= 0.6 is 0 Å². The molecule has 2 heterocycles. The molecular weight excluding hydrogens is 202 g/mol. The topological polar surface area (TPSA) is 35.0 Å². The van der Waals surface area contributed by atoms with Gasteiger partial charge in [-0.05, 0) is 12.1 Å². The largest absolute Gasteiger partial charge is 0.421 e. The van der Waals surface area contributed by atoms with E-state index in [0.29, 0.717) is 0 Å². The molecular formula is C10H6F2N2O. The average Bonchev–Trinajstić information content (AvgIpc) is 2.25. The van der Waals surface area contributed by atoms with Crippen molar-refractivity contribution < 1.29 is 13.5 Å². The van der Waals surface area contributed by atoms with Gasteiger partial charge in [0.15, 0.2) is 0 Å². The van der Waals surface area contributed by atoms with Crippen LogP contribution in [0.5, 0.6) is 11.8 Å². The van der Waals surface area contributed by atoms with Crippen molar-refractivity contribution in [1.29, 1.82) is 0 Å². The number of rotatable bonds is 2. The zero-order valence-electron chi connectivity index (χ0n) is 7.52. The summed E-state index contributed by atoms with van der Waals surface area (Å²) >= 11 is 0. The number of aromatic nitrogens is 2. The molecule has 0 bridgehead atoms. The van der Waals surface area contributed by atoms with Gasteiger partial charge in [-0.25, -0.2) is 18.7 Å². The van der Waals surface area contributed by atoms with Gasteiger partial charge in [0, 0.05) is 12.1 Å². The monoisotopic (exact) mass is 208 g/mol. The SMILES string of the molecule is Fc1ccc(Oc2ccc(F)cn2)nc1. The lowest BCUT2D eigenvalue weighted by Crippen LogP contribution is -1.90. The number of nitrogens with zero attached hydrogens (tertiary/aromatic N) is 2. The lowest BCUT2D eigenvalue weighted by atomic mass is 10.4. The highest BCUT2D eigenvalue weighted by Crippen LogP contribution is 2.16. The van der Waals surface area contributed by atoms with Crippen LogP contribution in [0.4, 0.5) is 8.78 Å². The summed E-state index contributed by atoms with van der Waals surface area (Å²) in [6.45, 7) is 0. The molecule has 2 aromatic rings. The molecule has 0 unspecified atom stereocenters. The highest BCUT2D eigenvalue weighted by molar-refractivity contribution is 5.19. The Bertz CT molecular complexity index is 398. The summed E-state index contributed by atoms with van der Waals surface area (Å²) in [5, 5.41) is 0. The van der Waals surface area contributed by atoms with Crippen LogP contribution in [0.25, 0.3) is 0 Å². The van der Waals surface area contributed by atoms with Crippen molar-refractivity contribution in [3.05, 3.63) is 48.3 Å². The quantitative estimate of drug-likeness (QED) is 0.760. The third kappa shape index (κ3) is 2.46. The summed E-state index contributed by atoms with van der Waals surface area (Å²) in [5.74, 6) is -0.491. The zero-order chi connectivity index (χ0) is 10.7. The first-order valence-corrected chi connectivity index (χ1v) is 4.15. The molecule has 0 aliphatic carbocycles. The predicted molar refractivity (Wildman–Crippen MR) is 48.5 cm³/mol. The fourth-order valence-corrected chi connectivity index (χ4v) is 0.952. The summed E-state index contributed by atoms with van der Waals surface area (Å²) < 4.78 is 30.1. The molecule has 0 aliphatic rings. The van der Waals surface area contributed by atoms with E-state index >= 15 is 0 Å². The number of ether oxygens (including phenoxy) is 1. The Morgan fingerprint density at radius 2 is 1.27 bits per heavy atom. The van der Waals surface area contributed by atoms with Gasteiger partial charge in [-0.3, -0.25) is 0 Å². The molecule has 0 amide bonds. The average molecular weight is 208 g/mol. The van der Waals surface area contributed by atoms with Gasteiger partial charge in [-0.1, -0.05) is 0 Å². The van der Waals surface area contributed by atoms with Crippen LogP contribution in [0.15, 0.2) is 36.7 Å². The molecule has 0 aliphatic heterocycles. The summed E-state index contributed by atoms with van der Waals surface area (Å²) in [4.78, 5) is 7.33. The minimum atomic E-state index is -0.450. The normalized spacial score (nSPS) is 10.0. The Morgan fingerprint density at radius 3 is 1.60 bits per heavy atom. The number of halogens is 2. The second-order valence-corrected chi connectivity index (χ2v) is 2.73. The molecule has 0 atom stereocenters. The van der Waals surface area contributed by atoms with Gasteiger partial charge in [0.2, 0.25) is 11.8 Å². The Labute approximate surface area is 84.4 Å². The van der Waals surface area contributed by atoms with Crippen molar-refractivity contribution >= 4 is 0 Å².